The van der Waals surface area contributed by atoms with Crippen molar-refractivity contribution in [3.63, 3.8) is 0 Å². The van der Waals surface area contributed by atoms with Crippen molar-refractivity contribution in [2.24, 2.45) is 0 Å². The van der Waals surface area contributed by atoms with E-state index in [9.17, 15) is 34.2 Å². The number of hydrogen-bond donors (Lipinski definition) is 3. The van der Waals surface area contributed by atoms with E-state index in [-0.39, 0.29) is 35.7 Å². The van der Waals surface area contributed by atoms with Crippen molar-refractivity contribution < 1.29 is 43.1 Å². The summed E-state index contributed by atoms with van der Waals surface area (Å²) in [7, 11) is 1.28. The van der Waals surface area contributed by atoms with E-state index in [1.54, 1.807) is 12.1 Å². The first-order valence-corrected chi connectivity index (χ1v) is 14.1. The molecule has 2 saturated heterocycles. The zero-order chi connectivity index (χ0) is 31.0. The molecule has 2 aromatic carbocycles. The molecular weight excluding hydrogens is 660 g/mol. The second kappa shape index (κ2) is 12.9. The molecule has 0 bridgehead atoms. The first kappa shape index (κ1) is 31.4. The molecule has 2 fully saturated rings. The molecule has 3 aromatic rings. The number of benzene rings is 2. The van der Waals surface area contributed by atoms with Crippen LogP contribution >= 0.6 is 27.5 Å². The standard InChI is InChI=1S/C27H25BrClF2N5O7/c1-41-25-23(35-8-18(33-34-35)13-4-16(30)22(29)17(31)5-13)24(39)21(9-37)43-26(25)27(40)36(19-10-42-11-20(19)38)15-3-12(7-32)2-14(28)6-15/h2-6,8,19-21,23-26,37-39H,9-11H2,1H3/t19-,20-,21?,23?,24?,25?,26?/m0/s1. The molecule has 16 heteroatoms. The van der Waals surface area contributed by atoms with Crippen LogP contribution in [0.25, 0.3) is 11.3 Å². The normalized spacial score (nSPS) is 27.2. The van der Waals surface area contributed by atoms with Crippen LogP contribution in [0.3, 0.4) is 0 Å². The van der Waals surface area contributed by atoms with Crippen LogP contribution < -0.4 is 4.90 Å². The van der Waals surface area contributed by atoms with Gasteiger partial charge in [-0.2, -0.15) is 5.26 Å². The maximum Gasteiger partial charge on any atom is 0.259 e. The number of halogens is 4. The summed E-state index contributed by atoms with van der Waals surface area (Å²) in [6.45, 7) is -0.763. The van der Waals surface area contributed by atoms with E-state index in [0.717, 1.165) is 16.8 Å². The Bertz CT molecular complexity index is 1540. The first-order valence-electron chi connectivity index (χ1n) is 12.9. The molecule has 228 valence electrons. The Morgan fingerprint density at radius 2 is 1.98 bits per heavy atom. The molecule has 12 nitrogen and oxygen atoms in total. The fourth-order valence-electron chi connectivity index (χ4n) is 5.29. The van der Waals surface area contributed by atoms with Gasteiger partial charge in [-0.15, -0.1) is 5.10 Å². The molecule has 3 heterocycles. The number of aliphatic hydroxyl groups is 3. The highest BCUT2D eigenvalue weighted by molar-refractivity contribution is 9.10. The lowest BCUT2D eigenvalue weighted by Gasteiger charge is -2.45. The smallest absolute Gasteiger partial charge is 0.259 e. The van der Waals surface area contributed by atoms with E-state index in [1.807, 2.05) is 6.07 Å². The van der Waals surface area contributed by atoms with Gasteiger partial charge in [0.2, 0.25) is 0 Å². The number of amides is 1. The third-order valence-corrected chi connectivity index (χ3v) is 8.18. The van der Waals surface area contributed by atoms with Gasteiger partial charge in [-0.05, 0) is 30.3 Å². The monoisotopic (exact) mass is 683 g/mol. The third kappa shape index (κ3) is 6.02. The molecule has 43 heavy (non-hydrogen) atoms. The summed E-state index contributed by atoms with van der Waals surface area (Å²) in [4.78, 5) is 15.6. The quantitative estimate of drug-likeness (QED) is 0.314. The molecule has 2 aliphatic heterocycles. The highest BCUT2D eigenvalue weighted by Gasteiger charge is 2.52. The number of ether oxygens (including phenoxy) is 3. The van der Waals surface area contributed by atoms with Gasteiger partial charge in [0.05, 0.1) is 43.7 Å². The summed E-state index contributed by atoms with van der Waals surface area (Å²) >= 11 is 8.94. The van der Waals surface area contributed by atoms with Crippen molar-refractivity contribution in [2.75, 3.05) is 31.8 Å². The summed E-state index contributed by atoms with van der Waals surface area (Å²) in [5.41, 5.74) is 0.520. The Morgan fingerprint density at radius 1 is 1.26 bits per heavy atom. The van der Waals surface area contributed by atoms with Crippen molar-refractivity contribution in [3.8, 4) is 17.3 Å². The minimum absolute atomic E-state index is 0.0110. The first-order chi connectivity index (χ1) is 20.6. The molecule has 5 rings (SSSR count). The number of aliphatic hydroxyl groups excluding tert-OH is 3. The number of carbonyl (C=O) groups is 1. The number of anilines is 1. The van der Waals surface area contributed by atoms with Crippen LogP contribution in [0.1, 0.15) is 11.6 Å². The zero-order valence-corrected chi connectivity index (χ0v) is 24.7. The van der Waals surface area contributed by atoms with Gasteiger partial charge in [0, 0.05) is 22.8 Å². The third-order valence-electron chi connectivity index (χ3n) is 7.36. The maximum absolute atomic E-state index is 14.3. The molecule has 0 spiro atoms. The van der Waals surface area contributed by atoms with Crippen molar-refractivity contribution in [1.82, 2.24) is 15.0 Å². The Kier molecular flexibility index (Phi) is 9.40. The van der Waals surface area contributed by atoms with Crippen molar-refractivity contribution in [3.05, 3.63) is 63.2 Å². The molecular formula is C27H25BrClF2N5O7. The molecule has 0 aliphatic carbocycles. The van der Waals surface area contributed by atoms with Crippen LogP contribution in [-0.4, -0.2) is 99.7 Å². The van der Waals surface area contributed by atoms with Gasteiger partial charge >= 0.3 is 0 Å². The molecule has 2 aliphatic rings. The number of carbonyl (C=O) groups excluding carboxylic acids is 1. The SMILES string of the molecule is COC1C(C(=O)N(c2cc(Br)cc(C#N)c2)[C@H]2COC[C@@H]2O)OC(CO)C(O)C1n1cc(-c2cc(F)c(Cl)c(F)c2)nn1. The van der Waals surface area contributed by atoms with Gasteiger partial charge < -0.3 is 34.4 Å². The highest BCUT2D eigenvalue weighted by Crippen LogP contribution is 2.36. The van der Waals surface area contributed by atoms with Gasteiger partial charge in [0.25, 0.3) is 5.91 Å². The van der Waals surface area contributed by atoms with Crippen molar-refractivity contribution in [1.29, 1.82) is 5.26 Å². The minimum Gasteiger partial charge on any atom is -0.394 e. The number of hydrogen-bond acceptors (Lipinski definition) is 10. The number of nitrogens with zero attached hydrogens (tertiary/aromatic N) is 5. The molecule has 1 amide bonds. The molecule has 0 saturated carbocycles. The predicted octanol–water partition coefficient (Wildman–Crippen LogP) is 1.98. The molecule has 5 unspecified atom stereocenters. The Hall–Kier alpha value is -3.07. The van der Waals surface area contributed by atoms with Crippen molar-refractivity contribution in [2.45, 2.75) is 42.6 Å². The van der Waals surface area contributed by atoms with Gasteiger partial charge in [0.1, 0.15) is 52.8 Å². The van der Waals surface area contributed by atoms with Gasteiger partial charge in [0.15, 0.2) is 6.10 Å². The van der Waals surface area contributed by atoms with E-state index in [0.29, 0.717) is 4.47 Å². The second-order valence-electron chi connectivity index (χ2n) is 9.99. The van der Waals surface area contributed by atoms with Crippen molar-refractivity contribution >= 4 is 39.1 Å². The zero-order valence-electron chi connectivity index (χ0n) is 22.3. The summed E-state index contributed by atoms with van der Waals surface area (Å²) in [5.74, 6) is -2.74. The van der Waals surface area contributed by atoms with Crippen LogP contribution in [0.15, 0.2) is 41.0 Å². The topological polar surface area (TPSA) is 163 Å². The van der Waals surface area contributed by atoms with E-state index >= 15 is 0 Å². The average Bonchev–Trinajstić information content (AvgIpc) is 3.64. The molecule has 1 aromatic heterocycles. The Balaban J connectivity index is 1.55. The summed E-state index contributed by atoms with van der Waals surface area (Å²) in [5, 5.41) is 48.8. The second-order valence-corrected chi connectivity index (χ2v) is 11.3. The van der Waals surface area contributed by atoms with Crippen LogP contribution in [0.2, 0.25) is 5.02 Å². The number of rotatable bonds is 7. The summed E-state index contributed by atoms with van der Waals surface area (Å²) in [6.07, 6.45) is -5.28. The van der Waals surface area contributed by atoms with E-state index < -0.39 is 71.8 Å². The number of aromatic nitrogens is 3. The van der Waals surface area contributed by atoms with Crippen LogP contribution in [0, 0.1) is 23.0 Å². The fourth-order valence-corrected chi connectivity index (χ4v) is 5.88. The largest absolute Gasteiger partial charge is 0.394 e. The van der Waals surface area contributed by atoms with Gasteiger partial charge in [-0.3, -0.25) is 4.79 Å². The predicted molar refractivity (Wildman–Crippen MR) is 149 cm³/mol. The molecule has 0 radical (unpaired) electrons. The molecule has 7 atom stereocenters. The molecule has 3 N–H and O–H groups in total. The van der Waals surface area contributed by atoms with Gasteiger partial charge in [-0.25, -0.2) is 13.5 Å². The van der Waals surface area contributed by atoms with Crippen LogP contribution in [0.4, 0.5) is 14.5 Å². The summed E-state index contributed by atoms with van der Waals surface area (Å²) < 4.78 is 46.9. The Labute approximate surface area is 257 Å². The maximum atomic E-state index is 14.3. The lowest BCUT2D eigenvalue weighted by Crippen LogP contribution is -2.63. The highest BCUT2D eigenvalue weighted by atomic mass is 79.9. The van der Waals surface area contributed by atoms with Crippen LogP contribution in [0.5, 0.6) is 0 Å². The van der Waals surface area contributed by atoms with Gasteiger partial charge in [-0.1, -0.05) is 32.7 Å². The number of methoxy groups -OCH3 is 1. The van der Waals surface area contributed by atoms with E-state index in [1.165, 1.54) is 24.3 Å². The minimum atomic E-state index is -1.48. The van der Waals surface area contributed by atoms with E-state index in [2.05, 4.69) is 26.2 Å². The van der Waals surface area contributed by atoms with Crippen LogP contribution in [-0.2, 0) is 19.0 Å². The summed E-state index contributed by atoms with van der Waals surface area (Å²) in [6, 6.07) is 6.50. The number of nitriles is 1. The average molecular weight is 685 g/mol. The lowest BCUT2D eigenvalue weighted by atomic mass is 9.91. The Morgan fingerprint density at radius 3 is 2.58 bits per heavy atom. The van der Waals surface area contributed by atoms with E-state index in [4.69, 9.17) is 25.8 Å². The fraction of sp³-hybridized carbons (Fsp3) is 0.407. The lowest BCUT2D eigenvalue weighted by molar-refractivity contribution is -0.211.